The van der Waals surface area contributed by atoms with Crippen molar-refractivity contribution in [1.82, 2.24) is 14.5 Å². The maximum absolute atomic E-state index is 12.9. The van der Waals surface area contributed by atoms with Crippen molar-refractivity contribution < 1.29 is 23.1 Å². The molecule has 0 radical (unpaired) electrons. The number of benzene rings is 1. The molecule has 1 saturated carbocycles. The van der Waals surface area contributed by atoms with Crippen molar-refractivity contribution in [2.75, 3.05) is 13.1 Å². The summed E-state index contributed by atoms with van der Waals surface area (Å²) in [6.45, 7) is 0.451. The van der Waals surface area contributed by atoms with Crippen LogP contribution in [-0.4, -0.2) is 44.7 Å². The summed E-state index contributed by atoms with van der Waals surface area (Å²) in [6, 6.07) is 8.14. The van der Waals surface area contributed by atoms with Gasteiger partial charge >= 0.3 is 11.7 Å². The van der Waals surface area contributed by atoms with E-state index in [2.05, 4.69) is 11.1 Å². The summed E-state index contributed by atoms with van der Waals surface area (Å²) in [7, 11) is 0. The number of fused-ring (bicyclic) bond motifs is 1. The highest BCUT2D eigenvalue weighted by molar-refractivity contribution is 5.95. The van der Waals surface area contributed by atoms with Gasteiger partial charge in [-0.2, -0.15) is 18.2 Å². The van der Waals surface area contributed by atoms with Crippen LogP contribution in [0.4, 0.5) is 13.2 Å². The number of nitrogens with zero attached hydrogens (tertiary/aromatic N) is 3. The Labute approximate surface area is 177 Å². The average Bonchev–Trinajstić information content (AvgIpc) is 3.16. The molecule has 2 aromatic rings. The fraction of sp³-hybridized carbons (Fsp3) is 0.500. The lowest BCUT2D eigenvalue weighted by Gasteiger charge is -2.34. The van der Waals surface area contributed by atoms with Crippen molar-refractivity contribution in [3.63, 3.8) is 0 Å². The van der Waals surface area contributed by atoms with Gasteiger partial charge in [0.05, 0.1) is 0 Å². The molecule has 1 aromatic heterocycles. The molecule has 4 rings (SSSR count). The molecule has 1 aliphatic heterocycles. The van der Waals surface area contributed by atoms with Gasteiger partial charge in [-0.15, -0.1) is 0 Å². The SMILES string of the molecule is Cc1cccc(C2(Cc3nc(=O)c(O)c4n3CCN(CC(F)(F)F)C4=O)CCCC2)c1. The van der Waals surface area contributed by atoms with Crippen LogP contribution in [0.3, 0.4) is 0 Å². The van der Waals surface area contributed by atoms with Crippen LogP contribution in [0.5, 0.6) is 5.75 Å². The molecule has 2 aliphatic rings. The van der Waals surface area contributed by atoms with E-state index in [1.807, 2.05) is 25.1 Å². The zero-order valence-corrected chi connectivity index (χ0v) is 17.2. The Morgan fingerprint density at radius 3 is 2.52 bits per heavy atom. The minimum absolute atomic E-state index is 0.0389. The third-order valence-corrected chi connectivity index (χ3v) is 6.38. The third-order valence-electron chi connectivity index (χ3n) is 6.38. The van der Waals surface area contributed by atoms with E-state index in [9.17, 15) is 27.9 Å². The van der Waals surface area contributed by atoms with E-state index in [1.54, 1.807) is 0 Å². The Bertz CT molecular complexity index is 1070. The summed E-state index contributed by atoms with van der Waals surface area (Å²) >= 11 is 0. The Balaban J connectivity index is 1.76. The summed E-state index contributed by atoms with van der Waals surface area (Å²) in [4.78, 5) is 29.7. The molecule has 0 unspecified atom stereocenters. The zero-order valence-electron chi connectivity index (χ0n) is 17.2. The number of hydrogen-bond acceptors (Lipinski definition) is 4. The predicted octanol–water partition coefficient (Wildman–Crippen LogP) is 3.33. The summed E-state index contributed by atoms with van der Waals surface area (Å²) in [5, 5.41) is 10.2. The highest BCUT2D eigenvalue weighted by Crippen LogP contribution is 2.44. The summed E-state index contributed by atoms with van der Waals surface area (Å²) < 4.78 is 40.0. The van der Waals surface area contributed by atoms with Crippen LogP contribution in [0, 0.1) is 6.92 Å². The number of amides is 1. The lowest BCUT2D eigenvalue weighted by atomic mass is 9.75. The molecule has 1 fully saturated rings. The highest BCUT2D eigenvalue weighted by atomic mass is 19.4. The molecule has 0 bridgehead atoms. The lowest BCUT2D eigenvalue weighted by molar-refractivity contribution is -0.141. The first-order valence-corrected chi connectivity index (χ1v) is 10.4. The van der Waals surface area contributed by atoms with Gasteiger partial charge < -0.3 is 14.6 Å². The van der Waals surface area contributed by atoms with E-state index >= 15 is 0 Å². The maximum Gasteiger partial charge on any atom is 0.406 e. The van der Waals surface area contributed by atoms with Crippen molar-refractivity contribution in [1.29, 1.82) is 0 Å². The van der Waals surface area contributed by atoms with Crippen molar-refractivity contribution in [3.05, 3.63) is 57.3 Å². The number of aryl methyl sites for hydroxylation is 1. The summed E-state index contributed by atoms with van der Waals surface area (Å²) in [5.41, 5.74) is 0.584. The molecule has 9 heteroatoms. The molecular formula is C22H24F3N3O3. The molecule has 1 N–H and O–H groups in total. The van der Waals surface area contributed by atoms with Gasteiger partial charge in [0.2, 0.25) is 5.75 Å². The van der Waals surface area contributed by atoms with Crippen molar-refractivity contribution >= 4 is 5.91 Å². The topological polar surface area (TPSA) is 75.4 Å². The number of halogens is 3. The molecule has 0 atom stereocenters. The number of carbonyl (C=O) groups is 1. The van der Waals surface area contributed by atoms with E-state index in [0.717, 1.165) is 36.8 Å². The molecule has 2 heterocycles. The van der Waals surface area contributed by atoms with Gasteiger partial charge in [0.25, 0.3) is 5.91 Å². The highest BCUT2D eigenvalue weighted by Gasteiger charge is 2.41. The van der Waals surface area contributed by atoms with E-state index in [4.69, 9.17) is 0 Å². The van der Waals surface area contributed by atoms with Crippen LogP contribution >= 0.6 is 0 Å². The maximum atomic E-state index is 12.9. The fourth-order valence-electron chi connectivity index (χ4n) is 4.92. The minimum atomic E-state index is -4.57. The Hall–Kier alpha value is -2.84. The first kappa shape index (κ1) is 21.4. The second kappa shape index (κ2) is 7.69. The van der Waals surface area contributed by atoms with Gasteiger partial charge in [-0.1, -0.05) is 42.7 Å². The number of alkyl halides is 3. The molecule has 166 valence electrons. The van der Waals surface area contributed by atoms with Crippen LogP contribution in [0.15, 0.2) is 29.1 Å². The molecule has 1 aliphatic carbocycles. The molecule has 31 heavy (non-hydrogen) atoms. The fourth-order valence-corrected chi connectivity index (χ4v) is 4.92. The monoisotopic (exact) mass is 435 g/mol. The quantitative estimate of drug-likeness (QED) is 0.800. The second-order valence-electron chi connectivity index (χ2n) is 8.56. The number of rotatable bonds is 4. The first-order chi connectivity index (χ1) is 14.6. The Kier molecular flexibility index (Phi) is 5.31. The zero-order chi connectivity index (χ0) is 22.4. The van der Waals surface area contributed by atoms with Gasteiger partial charge in [-0.3, -0.25) is 9.59 Å². The smallest absolute Gasteiger partial charge is 0.406 e. The Morgan fingerprint density at radius 1 is 1.16 bits per heavy atom. The van der Waals surface area contributed by atoms with Gasteiger partial charge in [0.1, 0.15) is 12.4 Å². The van der Waals surface area contributed by atoms with Crippen LogP contribution in [-0.2, 0) is 18.4 Å². The first-order valence-electron chi connectivity index (χ1n) is 10.4. The van der Waals surface area contributed by atoms with Crippen molar-refractivity contribution in [2.45, 2.75) is 57.2 Å². The molecule has 0 saturated heterocycles. The van der Waals surface area contributed by atoms with E-state index in [-0.39, 0.29) is 18.5 Å². The van der Waals surface area contributed by atoms with Crippen LogP contribution in [0.2, 0.25) is 0 Å². The number of carbonyl (C=O) groups excluding carboxylic acids is 1. The lowest BCUT2D eigenvalue weighted by Crippen LogP contribution is -2.47. The number of hydrogen-bond donors (Lipinski definition) is 1. The Morgan fingerprint density at radius 2 is 1.87 bits per heavy atom. The van der Waals surface area contributed by atoms with Crippen LogP contribution in [0.25, 0.3) is 0 Å². The molecule has 0 spiro atoms. The van der Waals surface area contributed by atoms with Crippen LogP contribution in [0.1, 0.15) is 53.1 Å². The minimum Gasteiger partial charge on any atom is -0.501 e. The van der Waals surface area contributed by atoms with Crippen LogP contribution < -0.4 is 5.56 Å². The standard InChI is InChI=1S/C22H24F3N3O3/c1-14-5-4-6-15(11-14)21(7-2-3-8-21)12-16-26-19(30)18(29)17-20(31)27(9-10-28(16)17)13-22(23,24)25/h4-6,11,29H,2-3,7-10,12-13H2,1H3. The van der Waals surface area contributed by atoms with Gasteiger partial charge in [0, 0.05) is 24.9 Å². The summed E-state index contributed by atoms with van der Waals surface area (Å²) in [6.07, 6.45) is -0.385. The largest absolute Gasteiger partial charge is 0.501 e. The van der Waals surface area contributed by atoms with Crippen molar-refractivity contribution in [2.24, 2.45) is 0 Å². The van der Waals surface area contributed by atoms with Gasteiger partial charge in [-0.25, -0.2) is 0 Å². The van der Waals surface area contributed by atoms with Gasteiger partial charge in [0.15, 0.2) is 5.69 Å². The van der Waals surface area contributed by atoms with Crippen molar-refractivity contribution in [3.8, 4) is 5.75 Å². The molecule has 1 aromatic carbocycles. The van der Waals surface area contributed by atoms with E-state index in [1.165, 1.54) is 4.57 Å². The van der Waals surface area contributed by atoms with Gasteiger partial charge in [-0.05, 0) is 25.3 Å². The molecule has 6 nitrogen and oxygen atoms in total. The number of aromatic hydroxyl groups is 1. The number of aromatic nitrogens is 2. The van der Waals surface area contributed by atoms with E-state index < -0.39 is 35.6 Å². The molecular weight excluding hydrogens is 411 g/mol. The second-order valence-corrected chi connectivity index (χ2v) is 8.56. The molecule has 1 amide bonds. The van der Waals surface area contributed by atoms with E-state index in [0.29, 0.717) is 17.1 Å². The normalized spacial score (nSPS) is 18.3. The average molecular weight is 435 g/mol. The third kappa shape index (κ3) is 4.05. The summed E-state index contributed by atoms with van der Waals surface area (Å²) in [5.74, 6) is -1.56. The predicted molar refractivity (Wildman–Crippen MR) is 107 cm³/mol.